The number of ether oxygens (including phenoxy) is 1. The molecule has 2 N–H and O–H groups in total. The van der Waals surface area contributed by atoms with E-state index in [0.29, 0.717) is 10.3 Å². The van der Waals surface area contributed by atoms with Crippen molar-refractivity contribution in [2.24, 2.45) is 0 Å². The van der Waals surface area contributed by atoms with Crippen LogP contribution in [0.1, 0.15) is 46.6 Å². The number of nitrogens with one attached hydrogen (secondary N) is 2. The largest absolute Gasteiger partial charge is 0.444 e. The van der Waals surface area contributed by atoms with Crippen LogP contribution in [0, 0.1) is 6.92 Å². The van der Waals surface area contributed by atoms with E-state index in [-0.39, 0.29) is 6.42 Å². The SMILES string of the molecule is Cc1cc(NC(=O)[C@](C)(CC(C)(Cl)Cl)NC(=O)OC(C)(C)C)cnc1Br. The molecule has 9 heteroatoms. The summed E-state index contributed by atoms with van der Waals surface area (Å²) in [5.41, 5.74) is -0.774. The zero-order valence-electron chi connectivity index (χ0n) is 15.7. The van der Waals surface area contributed by atoms with Gasteiger partial charge in [0.1, 0.15) is 20.1 Å². The van der Waals surface area contributed by atoms with Gasteiger partial charge in [-0.15, -0.1) is 23.2 Å². The van der Waals surface area contributed by atoms with Crippen LogP contribution in [0.2, 0.25) is 0 Å². The van der Waals surface area contributed by atoms with Crippen LogP contribution in [-0.2, 0) is 9.53 Å². The Kier molecular flexibility index (Phi) is 7.35. The Bertz CT molecular complexity index is 687. The number of pyridine rings is 1. The second-order valence-electron chi connectivity index (χ2n) is 7.49. The summed E-state index contributed by atoms with van der Waals surface area (Å²) in [5.74, 6) is -0.487. The Labute approximate surface area is 172 Å². The van der Waals surface area contributed by atoms with E-state index in [9.17, 15) is 9.59 Å². The predicted octanol–water partition coefficient (Wildman–Crippen LogP) is 4.96. The van der Waals surface area contributed by atoms with E-state index < -0.39 is 27.5 Å². The summed E-state index contributed by atoms with van der Waals surface area (Å²) in [4.78, 5) is 29.2. The summed E-state index contributed by atoms with van der Waals surface area (Å²) in [7, 11) is 0. The smallest absolute Gasteiger partial charge is 0.408 e. The number of alkyl halides is 2. The third-order valence-corrected chi connectivity index (χ3v) is 4.31. The minimum absolute atomic E-state index is 0.0306. The molecule has 0 spiro atoms. The Hall–Kier alpha value is -1.05. The molecule has 0 fully saturated rings. The molecule has 1 heterocycles. The van der Waals surface area contributed by atoms with E-state index in [1.807, 2.05) is 6.92 Å². The number of hydrogen-bond acceptors (Lipinski definition) is 4. The Balaban J connectivity index is 3.04. The Morgan fingerprint density at radius 1 is 1.23 bits per heavy atom. The highest BCUT2D eigenvalue weighted by Gasteiger charge is 2.41. The zero-order chi connectivity index (χ0) is 20.3. The first-order valence-electron chi connectivity index (χ1n) is 7.94. The maximum absolute atomic E-state index is 12.9. The first-order valence-corrected chi connectivity index (χ1v) is 9.49. The maximum atomic E-state index is 12.9. The Morgan fingerprint density at radius 3 is 2.27 bits per heavy atom. The fraction of sp³-hybridized carbons (Fsp3) is 0.588. The number of nitrogens with zero attached hydrogens (tertiary/aromatic N) is 1. The van der Waals surface area contributed by atoms with E-state index >= 15 is 0 Å². The van der Waals surface area contributed by atoms with Gasteiger partial charge in [-0.3, -0.25) is 4.79 Å². The minimum atomic E-state index is -1.40. The molecule has 146 valence electrons. The highest BCUT2D eigenvalue weighted by atomic mass is 79.9. The topological polar surface area (TPSA) is 80.3 Å². The summed E-state index contributed by atoms with van der Waals surface area (Å²) in [6, 6.07) is 1.75. The van der Waals surface area contributed by atoms with Crippen LogP contribution in [0.5, 0.6) is 0 Å². The number of carbonyl (C=O) groups excluding carboxylic acids is 2. The molecular weight excluding hydrogens is 445 g/mol. The number of alkyl carbamates (subject to hydrolysis) is 1. The quantitative estimate of drug-likeness (QED) is 0.472. The fourth-order valence-electron chi connectivity index (χ4n) is 2.23. The van der Waals surface area contributed by atoms with Gasteiger partial charge in [-0.25, -0.2) is 9.78 Å². The minimum Gasteiger partial charge on any atom is -0.444 e. The van der Waals surface area contributed by atoms with Gasteiger partial charge >= 0.3 is 6.09 Å². The molecule has 0 bridgehead atoms. The van der Waals surface area contributed by atoms with Crippen molar-refractivity contribution in [2.75, 3.05) is 5.32 Å². The molecule has 0 saturated carbocycles. The number of amides is 2. The summed E-state index contributed by atoms with van der Waals surface area (Å²) in [5, 5.41) is 5.31. The van der Waals surface area contributed by atoms with Gasteiger partial charge in [0.15, 0.2) is 0 Å². The number of halogens is 3. The lowest BCUT2D eigenvalue weighted by atomic mass is 9.94. The van der Waals surface area contributed by atoms with Gasteiger partial charge in [-0.1, -0.05) is 0 Å². The van der Waals surface area contributed by atoms with Gasteiger partial charge in [0.05, 0.1) is 11.9 Å². The van der Waals surface area contributed by atoms with Crippen molar-refractivity contribution in [3.8, 4) is 0 Å². The average molecular weight is 469 g/mol. The third-order valence-electron chi connectivity index (χ3n) is 3.21. The highest BCUT2D eigenvalue weighted by Crippen LogP contribution is 2.32. The van der Waals surface area contributed by atoms with Gasteiger partial charge in [0, 0.05) is 6.42 Å². The van der Waals surface area contributed by atoms with E-state index in [1.54, 1.807) is 33.8 Å². The fourth-order valence-corrected chi connectivity index (χ4v) is 2.98. The molecule has 0 aromatic carbocycles. The summed E-state index contributed by atoms with van der Waals surface area (Å²) in [6.45, 7) is 10.1. The van der Waals surface area contributed by atoms with Crippen molar-refractivity contribution < 1.29 is 14.3 Å². The maximum Gasteiger partial charge on any atom is 0.408 e. The van der Waals surface area contributed by atoms with Gasteiger partial charge in [0.25, 0.3) is 0 Å². The van der Waals surface area contributed by atoms with Crippen LogP contribution in [0.4, 0.5) is 10.5 Å². The van der Waals surface area contributed by atoms with Gasteiger partial charge in [-0.05, 0) is 69.1 Å². The number of aryl methyl sites for hydroxylation is 1. The molecule has 0 unspecified atom stereocenters. The molecule has 0 aliphatic heterocycles. The Morgan fingerprint density at radius 2 is 1.81 bits per heavy atom. The monoisotopic (exact) mass is 467 g/mol. The molecule has 26 heavy (non-hydrogen) atoms. The van der Waals surface area contributed by atoms with E-state index in [0.717, 1.165) is 5.56 Å². The summed E-state index contributed by atoms with van der Waals surface area (Å²) >= 11 is 15.5. The molecule has 1 rings (SSSR count). The van der Waals surface area contributed by atoms with E-state index in [2.05, 4.69) is 31.5 Å². The molecule has 6 nitrogen and oxygen atoms in total. The average Bonchev–Trinajstić information content (AvgIpc) is 2.38. The summed E-state index contributed by atoms with van der Waals surface area (Å²) < 4.78 is 4.69. The van der Waals surface area contributed by atoms with Crippen LogP contribution >= 0.6 is 39.1 Å². The van der Waals surface area contributed by atoms with Crippen molar-refractivity contribution in [1.29, 1.82) is 0 Å². The van der Waals surface area contributed by atoms with Crippen LogP contribution in [-0.4, -0.2) is 32.5 Å². The van der Waals surface area contributed by atoms with Crippen molar-refractivity contribution >= 4 is 56.8 Å². The van der Waals surface area contributed by atoms with Gasteiger partial charge < -0.3 is 15.4 Å². The number of rotatable bonds is 5. The number of anilines is 1. The molecule has 1 atom stereocenters. The second kappa shape index (κ2) is 8.31. The third kappa shape index (κ3) is 7.68. The van der Waals surface area contributed by atoms with Crippen LogP contribution in [0.25, 0.3) is 0 Å². The molecule has 1 aromatic heterocycles. The molecule has 0 aliphatic rings. The van der Waals surface area contributed by atoms with Crippen LogP contribution in [0.3, 0.4) is 0 Å². The molecule has 0 aliphatic carbocycles. The lowest BCUT2D eigenvalue weighted by Gasteiger charge is -2.33. The number of hydrogen-bond donors (Lipinski definition) is 2. The lowest BCUT2D eigenvalue weighted by molar-refractivity contribution is -0.122. The standard InChI is InChI=1S/C17H24BrCl2N3O3/c1-10-7-11(8-21-12(10)18)22-13(24)16(5,9-17(6,19)20)23-14(25)26-15(2,3)4/h7-8H,9H2,1-6H3,(H,22,24)(H,23,25)/t16-/m0/s1. The molecule has 1 aromatic rings. The predicted molar refractivity (Wildman–Crippen MR) is 108 cm³/mol. The van der Waals surface area contributed by atoms with E-state index in [4.69, 9.17) is 27.9 Å². The van der Waals surface area contributed by atoms with Gasteiger partial charge in [0.2, 0.25) is 5.91 Å². The number of aromatic nitrogens is 1. The highest BCUT2D eigenvalue weighted by molar-refractivity contribution is 9.10. The van der Waals surface area contributed by atoms with Crippen molar-refractivity contribution in [3.63, 3.8) is 0 Å². The molecule has 0 radical (unpaired) electrons. The van der Waals surface area contributed by atoms with Gasteiger partial charge in [-0.2, -0.15) is 0 Å². The van der Waals surface area contributed by atoms with Crippen LogP contribution < -0.4 is 10.6 Å². The zero-order valence-corrected chi connectivity index (χ0v) is 18.8. The van der Waals surface area contributed by atoms with Crippen LogP contribution in [0.15, 0.2) is 16.9 Å². The summed E-state index contributed by atoms with van der Waals surface area (Å²) in [6.07, 6.45) is 0.735. The van der Waals surface area contributed by atoms with Crippen molar-refractivity contribution in [2.45, 2.75) is 63.4 Å². The second-order valence-corrected chi connectivity index (χ2v) is 10.1. The van der Waals surface area contributed by atoms with Crippen molar-refractivity contribution in [1.82, 2.24) is 10.3 Å². The van der Waals surface area contributed by atoms with Crippen molar-refractivity contribution in [3.05, 3.63) is 22.4 Å². The molecular formula is C17H24BrCl2N3O3. The molecule has 2 amide bonds. The normalized spacial score (nSPS) is 14.3. The number of carbonyl (C=O) groups is 2. The van der Waals surface area contributed by atoms with E-state index in [1.165, 1.54) is 13.1 Å². The first-order chi connectivity index (χ1) is 11.6. The molecule has 0 saturated heterocycles. The first kappa shape index (κ1) is 23.0. The lowest BCUT2D eigenvalue weighted by Crippen LogP contribution is -2.57.